The molecule has 2 heterocycles. The van der Waals surface area contributed by atoms with Gasteiger partial charge in [0.2, 0.25) is 0 Å². The van der Waals surface area contributed by atoms with Gasteiger partial charge in [-0.2, -0.15) is 5.10 Å². The van der Waals surface area contributed by atoms with Gasteiger partial charge in [0.1, 0.15) is 5.75 Å². The minimum absolute atomic E-state index is 0.0563. The zero-order valence-electron chi connectivity index (χ0n) is 14.2. The second-order valence-corrected chi connectivity index (χ2v) is 5.97. The van der Waals surface area contributed by atoms with E-state index in [0.717, 1.165) is 10.9 Å². The van der Waals surface area contributed by atoms with Crippen molar-refractivity contribution in [2.24, 2.45) is 7.05 Å². The van der Waals surface area contributed by atoms with Gasteiger partial charge in [0.15, 0.2) is 0 Å². The van der Waals surface area contributed by atoms with Crippen LogP contribution in [-0.2, 0) is 7.05 Å². The second-order valence-electron chi connectivity index (χ2n) is 5.97. The molecule has 0 spiro atoms. The van der Waals surface area contributed by atoms with Crippen molar-refractivity contribution in [3.05, 3.63) is 42.2 Å². The monoisotopic (exact) mass is 324 g/mol. The normalized spacial score (nSPS) is 11.0. The van der Waals surface area contributed by atoms with Gasteiger partial charge in [0, 0.05) is 36.3 Å². The van der Waals surface area contributed by atoms with Gasteiger partial charge >= 0.3 is 0 Å². The number of hydrogen-bond donors (Lipinski definition) is 1. The molecule has 3 aromatic rings. The molecule has 6 heteroatoms. The number of pyridine rings is 1. The summed E-state index contributed by atoms with van der Waals surface area (Å²) in [5.74, 6) is 0.585. The van der Waals surface area contributed by atoms with Crippen LogP contribution in [0.5, 0.6) is 5.75 Å². The molecule has 0 radical (unpaired) electrons. The van der Waals surface area contributed by atoms with E-state index in [1.54, 1.807) is 18.0 Å². The third-order valence-corrected chi connectivity index (χ3v) is 3.68. The minimum atomic E-state index is -0.118. The Labute approximate surface area is 140 Å². The number of amides is 1. The molecule has 6 nitrogen and oxygen atoms in total. The number of benzene rings is 1. The molecular weight excluding hydrogens is 304 g/mol. The van der Waals surface area contributed by atoms with Crippen LogP contribution in [-0.4, -0.2) is 33.8 Å². The first-order valence-corrected chi connectivity index (χ1v) is 7.76. The molecule has 0 atom stereocenters. The predicted molar refractivity (Wildman–Crippen MR) is 93.1 cm³/mol. The zero-order valence-corrected chi connectivity index (χ0v) is 14.2. The van der Waals surface area contributed by atoms with Gasteiger partial charge in [-0.25, -0.2) is 4.98 Å². The van der Waals surface area contributed by atoms with Crippen molar-refractivity contribution in [2.45, 2.75) is 19.9 Å². The second kappa shape index (κ2) is 6.31. The van der Waals surface area contributed by atoms with Crippen LogP contribution >= 0.6 is 0 Å². The smallest absolute Gasteiger partial charge is 0.252 e. The summed E-state index contributed by atoms with van der Waals surface area (Å²) in [6.07, 6.45) is 3.61. The minimum Gasteiger partial charge on any atom is -0.497 e. The summed E-state index contributed by atoms with van der Waals surface area (Å²) in [4.78, 5) is 17.3. The number of carbonyl (C=O) groups is 1. The Bertz CT molecular complexity index is 899. The molecule has 1 N–H and O–H groups in total. The molecule has 0 aliphatic carbocycles. The molecule has 3 rings (SSSR count). The SMILES string of the molecule is COc1ccc2c(C(=O)NC(C)C)cc(-c3cnn(C)c3)nc2c1. The van der Waals surface area contributed by atoms with E-state index in [0.29, 0.717) is 22.5 Å². The Balaban J connectivity index is 2.21. The summed E-state index contributed by atoms with van der Waals surface area (Å²) in [5.41, 5.74) is 2.87. The van der Waals surface area contributed by atoms with E-state index in [4.69, 9.17) is 4.74 Å². The highest BCUT2D eigenvalue weighted by molar-refractivity contribution is 6.07. The summed E-state index contributed by atoms with van der Waals surface area (Å²) < 4.78 is 6.99. The average Bonchev–Trinajstić information content (AvgIpc) is 2.99. The van der Waals surface area contributed by atoms with Crippen LogP contribution in [0.15, 0.2) is 36.7 Å². The standard InChI is InChI=1S/C18H20N4O2/c1-11(2)20-18(23)15-8-16(12-9-19-22(3)10-12)21-17-7-13(24-4)5-6-14(15)17/h5-11H,1-4H3,(H,20,23). The fraction of sp³-hybridized carbons (Fsp3) is 0.278. The maximum atomic E-state index is 12.6. The number of aromatic nitrogens is 3. The third-order valence-electron chi connectivity index (χ3n) is 3.68. The van der Waals surface area contributed by atoms with E-state index in [2.05, 4.69) is 15.4 Å². The van der Waals surface area contributed by atoms with E-state index in [9.17, 15) is 4.79 Å². The lowest BCUT2D eigenvalue weighted by Gasteiger charge is -2.12. The topological polar surface area (TPSA) is 69.0 Å². The van der Waals surface area contributed by atoms with Crippen molar-refractivity contribution in [1.29, 1.82) is 0 Å². The molecular formula is C18H20N4O2. The van der Waals surface area contributed by atoms with Gasteiger partial charge in [-0.15, -0.1) is 0 Å². The van der Waals surface area contributed by atoms with Crippen molar-refractivity contribution in [3.8, 4) is 17.0 Å². The Kier molecular flexibility index (Phi) is 4.20. The lowest BCUT2D eigenvalue weighted by Crippen LogP contribution is -2.30. The first kappa shape index (κ1) is 16.0. The summed E-state index contributed by atoms with van der Waals surface area (Å²) in [7, 11) is 3.46. The van der Waals surface area contributed by atoms with Crippen LogP contribution in [0.1, 0.15) is 24.2 Å². The summed E-state index contributed by atoms with van der Waals surface area (Å²) in [6.45, 7) is 3.87. The fourth-order valence-corrected chi connectivity index (χ4v) is 2.56. The number of ether oxygens (including phenoxy) is 1. The zero-order chi connectivity index (χ0) is 17.3. The molecule has 124 valence electrons. The highest BCUT2D eigenvalue weighted by Gasteiger charge is 2.16. The van der Waals surface area contributed by atoms with Crippen molar-refractivity contribution in [2.75, 3.05) is 7.11 Å². The summed E-state index contributed by atoms with van der Waals surface area (Å²) in [5, 5.41) is 7.92. The van der Waals surface area contributed by atoms with E-state index in [-0.39, 0.29) is 11.9 Å². The Hall–Kier alpha value is -2.89. The van der Waals surface area contributed by atoms with Crippen LogP contribution in [0.25, 0.3) is 22.2 Å². The average molecular weight is 324 g/mol. The molecule has 0 fully saturated rings. The first-order chi connectivity index (χ1) is 11.5. The number of nitrogens with one attached hydrogen (secondary N) is 1. The fourth-order valence-electron chi connectivity index (χ4n) is 2.56. The van der Waals surface area contributed by atoms with Crippen LogP contribution in [0.3, 0.4) is 0 Å². The Morgan fingerprint density at radius 3 is 2.71 bits per heavy atom. The van der Waals surface area contributed by atoms with Crippen molar-refractivity contribution >= 4 is 16.8 Å². The molecule has 0 aliphatic rings. The number of aryl methyl sites for hydroxylation is 1. The maximum absolute atomic E-state index is 12.6. The molecule has 0 bridgehead atoms. The van der Waals surface area contributed by atoms with E-state index < -0.39 is 0 Å². The lowest BCUT2D eigenvalue weighted by molar-refractivity contribution is 0.0944. The molecule has 2 aromatic heterocycles. The van der Waals surface area contributed by atoms with Gasteiger partial charge in [-0.3, -0.25) is 9.48 Å². The molecule has 0 saturated heterocycles. The van der Waals surface area contributed by atoms with Gasteiger partial charge in [-0.1, -0.05) is 0 Å². The van der Waals surface area contributed by atoms with E-state index in [1.807, 2.05) is 51.4 Å². The number of fused-ring (bicyclic) bond motifs is 1. The summed E-state index contributed by atoms with van der Waals surface area (Å²) in [6, 6.07) is 7.40. The number of carbonyl (C=O) groups excluding carboxylic acids is 1. The molecule has 1 aromatic carbocycles. The van der Waals surface area contributed by atoms with Gasteiger partial charge in [-0.05, 0) is 32.0 Å². The largest absolute Gasteiger partial charge is 0.497 e. The van der Waals surface area contributed by atoms with Crippen LogP contribution in [0, 0.1) is 0 Å². The first-order valence-electron chi connectivity index (χ1n) is 7.76. The van der Waals surface area contributed by atoms with Crippen molar-refractivity contribution < 1.29 is 9.53 Å². The number of nitrogens with zero attached hydrogens (tertiary/aromatic N) is 3. The maximum Gasteiger partial charge on any atom is 0.252 e. The van der Waals surface area contributed by atoms with E-state index in [1.165, 1.54) is 0 Å². The van der Waals surface area contributed by atoms with Gasteiger partial charge < -0.3 is 10.1 Å². The van der Waals surface area contributed by atoms with Crippen molar-refractivity contribution in [1.82, 2.24) is 20.1 Å². The molecule has 0 saturated carbocycles. The Morgan fingerprint density at radius 2 is 2.08 bits per heavy atom. The van der Waals surface area contributed by atoms with Gasteiger partial charge in [0.05, 0.1) is 30.1 Å². The Morgan fingerprint density at radius 1 is 1.29 bits per heavy atom. The highest BCUT2D eigenvalue weighted by atomic mass is 16.5. The number of methoxy groups -OCH3 is 1. The molecule has 24 heavy (non-hydrogen) atoms. The van der Waals surface area contributed by atoms with Crippen LogP contribution in [0.2, 0.25) is 0 Å². The predicted octanol–water partition coefficient (Wildman–Crippen LogP) is 2.78. The van der Waals surface area contributed by atoms with E-state index >= 15 is 0 Å². The summed E-state index contributed by atoms with van der Waals surface area (Å²) >= 11 is 0. The lowest BCUT2D eigenvalue weighted by atomic mass is 10.0. The quantitative estimate of drug-likeness (QED) is 0.801. The van der Waals surface area contributed by atoms with Crippen LogP contribution < -0.4 is 10.1 Å². The number of rotatable bonds is 4. The van der Waals surface area contributed by atoms with Crippen molar-refractivity contribution in [3.63, 3.8) is 0 Å². The molecule has 1 amide bonds. The highest BCUT2D eigenvalue weighted by Crippen LogP contribution is 2.27. The molecule has 0 aliphatic heterocycles. The third kappa shape index (κ3) is 3.08. The van der Waals surface area contributed by atoms with Gasteiger partial charge in [0.25, 0.3) is 5.91 Å². The van der Waals surface area contributed by atoms with Crippen LogP contribution in [0.4, 0.5) is 0 Å². The number of hydrogen-bond acceptors (Lipinski definition) is 4. The molecule has 0 unspecified atom stereocenters.